The highest BCUT2D eigenvalue weighted by atomic mass is 35.5. The van der Waals surface area contributed by atoms with Crippen molar-refractivity contribution >= 4 is 48.1 Å². The first-order chi connectivity index (χ1) is 9.74. The molecule has 3 N–H and O–H groups in total. The third-order valence-corrected chi connectivity index (χ3v) is 5.14. The van der Waals surface area contributed by atoms with Crippen molar-refractivity contribution in [2.75, 3.05) is 18.8 Å². The second kappa shape index (κ2) is 4.48. The van der Waals surface area contributed by atoms with Crippen LogP contribution in [0.1, 0.15) is 5.56 Å². The largest absolute Gasteiger partial charge is 0.394 e. The van der Waals surface area contributed by atoms with Gasteiger partial charge in [-0.15, -0.1) is 0 Å². The average Bonchev–Trinajstić information content (AvgIpc) is 2.86. The van der Waals surface area contributed by atoms with E-state index in [4.69, 9.17) is 17.3 Å². The van der Waals surface area contributed by atoms with Crippen LogP contribution in [-0.2, 0) is 0 Å². The van der Waals surface area contributed by atoms with Crippen LogP contribution >= 0.6 is 20.0 Å². The van der Waals surface area contributed by atoms with Gasteiger partial charge < -0.3 is 11.1 Å². The molecule has 3 aromatic heterocycles. The average molecular weight is 306 g/mol. The number of hydrogen-bond acceptors (Lipinski definition) is 4. The molecule has 1 aliphatic heterocycles. The van der Waals surface area contributed by atoms with Crippen LogP contribution in [0.4, 0.5) is 5.42 Å². The van der Waals surface area contributed by atoms with E-state index in [1.807, 2.05) is 12.3 Å². The number of nitrogens with one attached hydrogen (secondary N) is 1. The van der Waals surface area contributed by atoms with Gasteiger partial charge >= 0.3 is 0 Å². The number of fused-ring (bicyclic) bond motifs is 3. The number of hydrogen-bond donors (Lipinski definition) is 2. The van der Waals surface area contributed by atoms with Crippen molar-refractivity contribution in [3.8, 4) is 0 Å². The lowest BCUT2D eigenvalue weighted by Crippen LogP contribution is -2.45. The number of aliphatic imine (C=N–C) groups is 1. The normalized spacial score (nSPS) is 16.9. The van der Waals surface area contributed by atoms with Crippen LogP contribution in [0.3, 0.4) is 0 Å². The summed E-state index contributed by atoms with van der Waals surface area (Å²) in [6.45, 7) is 1.89. The van der Waals surface area contributed by atoms with Gasteiger partial charge in [0.05, 0.1) is 22.0 Å². The van der Waals surface area contributed by atoms with Gasteiger partial charge in [0.1, 0.15) is 5.65 Å². The van der Waals surface area contributed by atoms with Crippen LogP contribution in [0.25, 0.3) is 16.6 Å². The molecule has 0 amide bonds. The maximum atomic E-state index is 6.23. The highest BCUT2D eigenvalue weighted by Crippen LogP contribution is 2.35. The van der Waals surface area contributed by atoms with Gasteiger partial charge in [0, 0.05) is 36.5 Å². The van der Waals surface area contributed by atoms with Gasteiger partial charge in [-0.05, 0) is 20.5 Å². The number of pyridine rings is 1. The number of rotatable bonds is 2. The number of anilines is 1. The van der Waals surface area contributed by atoms with Gasteiger partial charge in [-0.1, -0.05) is 11.6 Å². The summed E-state index contributed by atoms with van der Waals surface area (Å²) in [5.74, 6) is 0. The van der Waals surface area contributed by atoms with E-state index in [0.717, 1.165) is 45.6 Å². The van der Waals surface area contributed by atoms with Crippen molar-refractivity contribution in [1.82, 2.24) is 14.5 Å². The van der Waals surface area contributed by atoms with E-state index in [-0.39, 0.29) is 0 Å². The Morgan fingerprint density at radius 2 is 2.40 bits per heavy atom. The lowest BCUT2D eigenvalue weighted by molar-refractivity contribution is 0.449. The smallest absolute Gasteiger partial charge is 0.148 e. The molecule has 4 heterocycles. The summed E-state index contributed by atoms with van der Waals surface area (Å²) in [5.41, 5.74) is 9.97. The minimum Gasteiger partial charge on any atom is -0.394 e. The maximum absolute atomic E-state index is 6.23. The van der Waals surface area contributed by atoms with Crippen LogP contribution in [-0.4, -0.2) is 34.5 Å². The standard InChI is InChI=1S/C13H13ClN5P/c14-10-1-2-17-13-8(10)3-11-9(12(15)20-19(11)13)6-18-7-4-16-5-7/h1-3,6-7,16,20H,4-5,15H2. The van der Waals surface area contributed by atoms with E-state index in [9.17, 15) is 0 Å². The van der Waals surface area contributed by atoms with Crippen molar-refractivity contribution in [3.63, 3.8) is 0 Å². The summed E-state index contributed by atoms with van der Waals surface area (Å²) >= 11 is 6.23. The van der Waals surface area contributed by atoms with Gasteiger partial charge in [0.25, 0.3) is 0 Å². The molecular weight excluding hydrogens is 293 g/mol. The van der Waals surface area contributed by atoms with E-state index < -0.39 is 0 Å². The highest BCUT2D eigenvalue weighted by Gasteiger charge is 2.16. The van der Waals surface area contributed by atoms with Gasteiger partial charge in [-0.2, -0.15) is 0 Å². The van der Waals surface area contributed by atoms with Gasteiger partial charge in [-0.3, -0.25) is 9.16 Å². The Kier molecular flexibility index (Phi) is 2.74. The zero-order chi connectivity index (χ0) is 13.7. The van der Waals surface area contributed by atoms with E-state index in [1.165, 1.54) is 0 Å². The van der Waals surface area contributed by atoms with Crippen molar-refractivity contribution in [3.05, 3.63) is 28.9 Å². The number of nitrogen functional groups attached to an aromatic ring is 1. The monoisotopic (exact) mass is 305 g/mol. The molecule has 3 aromatic rings. The van der Waals surface area contributed by atoms with Crippen LogP contribution in [0.5, 0.6) is 0 Å². The summed E-state index contributed by atoms with van der Waals surface area (Å²) in [4.78, 5) is 8.98. The lowest BCUT2D eigenvalue weighted by Gasteiger charge is -2.22. The Morgan fingerprint density at radius 3 is 3.15 bits per heavy atom. The Balaban J connectivity index is 1.91. The minimum atomic E-state index is 0.374. The third kappa shape index (κ3) is 1.74. The predicted molar refractivity (Wildman–Crippen MR) is 85.9 cm³/mol. The minimum absolute atomic E-state index is 0.374. The fraction of sp³-hybridized carbons (Fsp3) is 0.231. The Labute approximate surface area is 122 Å². The maximum Gasteiger partial charge on any atom is 0.148 e. The molecule has 1 atom stereocenters. The summed E-state index contributed by atoms with van der Waals surface area (Å²) in [5, 5.41) is 4.90. The SMILES string of the molecule is Nc1[pH]n2c(cc3c(Cl)ccnc32)c1C=NC1CNC1. The molecule has 0 bridgehead atoms. The number of aromatic nitrogens is 2. The fourth-order valence-electron chi connectivity index (χ4n) is 2.39. The Hall–Kier alpha value is -1.55. The molecule has 0 aromatic carbocycles. The molecule has 20 heavy (non-hydrogen) atoms. The van der Waals surface area contributed by atoms with E-state index in [2.05, 4.69) is 25.5 Å². The Bertz CT molecular complexity index is 830. The molecule has 1 fully saturated rings. The van der Waals surface area contributed by atoms with Crippen LogP contribution < -0.4 is 11.1 Å². The quantitative estimate of drug-likeness (QED) is 0.713. The van der Waals surface area contributed by atoms with E-state index >= 15 is 0 Å². The summed E-state index contributed by atoms with van der Waals surface area (Å²) in [6.07, 6.45) is 3.63. The number of nitrogens with zero attached hydrogens (tertiary/aromatic N) is 3. The molecule has 7 heteroatoms. The van der Waals surface area contributed by atoms with E-state index in [1.54, 1.807) is 6.20 Å². The molecule has 5 nitrogen and oxygen atoms in total. The first-order valence-corrected chi connectivity index (χ1v) is 7.73. The molecule has 0 spiro atoms. The molecular formula is C13H13ClN5P. The van der Waals surface area contributed by atoms with Crippen LogP contribution in [0.15, 0.2) is 23.3 Å². The van der Waals surface area contributed by atoms with Crippen molar-refractivity contribution in [2.24, 2.45) is 4.99 Å². The fourth-order valence-corrected chi connectivity index (χ4v) is 3.73. The molecule has 1 saturated heterocycles. The number of nitrogens with two attached hydrogens (primary N) is 1. The zero-order valence-corrected chi connectivity index (χ0v) is 12.4. The van der Waals surface area contributed by atoms with Crippen molar-refractivity contribution < 1.29 is 0 Å². The predicted octanol–water partition coefficient (Wildman–Crippen LogP) is 2.15. The molecule has 0 saturated carbocycles. The molecule has 0 aliphatic carbocycles. The second-order valence-electron chi connectivity index (χ2n) is 4.92. The first-order valence-electron chi connectivity index (χ1n) is 6.41. The second-order valence-corrected chi connectivity index (χ2v) is 6.54. The van der Waals surface area contributed by atoms with Gasteiger partial charge in [-0.25, -0.2) is 4.98 Å². The van der Waals surface area contributed by atoms with E-state index in [0.29, 0.717) is 14.4 Å². The number of halogens is 1. The lowest BCUT2D eigenvalue weighted by atomic mass is 10.2. The van der Waals surface area contributed by atoms with Crippen LogP contribution in [0.2, 0.25) is 5.02 Å². The van der Waals surface area contributed by atoms with Gasteiger partial charge in [0.15, 0.2) is 0 Å². The molecule has 102 valence electrons. The van der Waals surface area contributed by atoms with Crippen molar-refractivity contribution in [1.29, 1.82) is 0 Å². The topological polar surface area (TPSA) is 67.7 Å². The summed E-state index contributed by atoms with van der Waals surface area (Å²) in [6, 6.07) is 4.24. The molecule has 0 radical (unpaired) electrons. The third-order valence-electron chi connectivity index (χ3n) is 3.62. The zero-order valence-electron chi connectivity index (χ0n) is 10.6. The molecule has 4 rings (SSSR count). The Morgan fingerprint density at radius 1 is 1.55 bits per heavy atom. The molecule has 1 unspecified atom stereocenters. The van der Waals surface area contributed by atoms with Gasteiger partial charge in [0.2, 0.25) is 0 Å². The molecule has 1 aliphatic rings. The first kappa shape index (κ1) is 12.2. The van der Waals surface area contributed by atoms with Crippen LogP contribution in [0, 0.1) is 0 Å². The van der Waals surface area contributed by atoms with Crippen molar-refractivity contribution in [2.45, 2.75) is 6.04 Å². The summed E-state index contributed by atoms with van der Waals surface area (Å²) < 4.78 is 2.12. The summed E-state index contributed by atoms with van der Waals surface area (Å²) in [7, 11) is 0.377. The highest BCUT2D eigenvalue weighted by molar-refractivity contribution is 7.31.